The predicted octanol–water partition coefficient (Wildman–Crippen LogP) is 4.86. The lowest BCUT2D eigenvalue weighted by atomic mass is 10.0. The van der Waals surface area contributed by atoms with Crippen LogP contribution in [0.2, 0.25) is 0 Å². The zero-order chi connectivity index (χ0) is 23.5. The van der Waals surface area contributed by atoms with Gasteiger partial charge in [-0.25, -0.2) is 4.79 Å². The Labute approximate surface area is 193 Å². The summed E-state index contributed by atoms with van der Waals surface area (Å²) in [7, 11) is 1.80. The molecule has 1 aliphatic rings. The van der Waals surface area contributed by atoms with Gasteiger partial charge in [0, 0.05) is 42.5 Å². The summed E-state index contributed by atoms with van der Waals surface area (Å²) < 4.78 is 3.19. The molecular formula is C25H31N5O3. The summed E-state index contributed by atoms with van der Waals surface area (Å²) in [6.45, 7) is 3.99. The van der Waals surface area contributed by atoms with Crippen LogP contribution in [0, 0.1) is 0 Å². The molecule has 3 aromatic rings. The number of phenols is 1. The van der Waals surface area contributed by atoms with Gasteiger partial charge < -0.3 is 20.3 Å². The van der Waals surface area contributed by atoms with Crippen molar-refractivity contribution >= 4 is 17.6 Å². The number of hydrogen-bond acceptors (Lipinski definition) is 4. The zero-order valence-electron chi connectivity index (χ0n) is 19.3. The Bertz CT molecular complexity index is 1160. The Morgan fingerprint density at radius 3 is 2.61 bits per heavy atom. The van der Waals surface area contributed by atoms with Gasteiger partial charge in [0.05, 0.1) is 11.4 Å². The lowest BCUT2D eigenvalue weighted by Gasteiger charge is -2.15. The SMILES string of the molecule is CCC(C)NC(=O)n1nc(-c2ccc(NC(=O)c3cccn3C)cc2O)cc1C1CCCC1. The molecule has 0 radical (unpaired) electrons. The number of nitrogens with one attached hydrogen (secondary N) is 2. The molecule has 1 unspecified atom stereocenters. The van der Waals surface area contributed by atoms with E-state index >= 15 is 0 Å². The predicted molar refractivity (Wildman–Crippen MR) is 128 cm³/mol. The lowest BCUT2D eigenvalue weighted by molar-refractivity contribution is 0.101. The molecule has 1 aromatic carbocycles. The summed E-state index contributed by atoms with van der Waals surface area (Å²) in [5.74, 6) is 0.00808. The maximum absolute atomic E-state index is 12.9. The van der Waals surface area contributed by atoms with Crippen LogP contribution < -0.4 is 10.6 Å². The quantitative estimate of drug-likeness (QED) is 0.500. The van der Waals surface area contributed by atoms with Crippen LogP contribution in [0.15, 0.2) is 42.6 Å². The van der Waals surface area contributed by atoms with Gasteiger partial charge in [-0.05, 0) is 56.5 Å². The number of amides is 2. The summed E-state index contributed by atoms with van der Waals surface area (Å²) in [6.07, 6.45) is 6.95. The fourth-order valence-corrected chi connectivity index (χ4v) is 4.29. The van der Waals surface area contributed by atoms with E-state index in [2.05, 4.69) is 15.7 Å². The van der Waals surface area contributed by atoms with E-state index in [4.69, 9.17) is 0 Å². The fourth-order valence-electron chi connectivity index (χ4n) is 4.29. The minimum absolute atomic E-state index is 0.00959. The van der Waals surface area contributed by atoms with Crippen molar-refractivity contribution in [2.45, 2.75) is 57.9 Å². The molecule has 8 heteroatoms. The van der Waals surface area contributed by atoms with E-state index < -0.39 is 0 Å². The van der Waals surface area contributed by atoms with Gasteiger partial charge in [-0.1, -0.05) is 19.8 Å². The van der Waals surface area contributed by atoms with Crippen LogP contribution in [0.3, 0.4) is 0 Å². The van der Waals surface area contributed by atoms with Crippen LogP contribution >= 0.6 is 0 Å². The Hall–Kier alpha value is -3.55. The third kappa shape index (κ3) is 4.79. The maximum Gasteiger partial charge on any atom is 0.342 e. The van der Waals surface area contributed by atoms with Crippen LogP contribution in [-0.4, -0.2) is 37.4 Å². The van der Waals surface area contributed by atoms with Crippen molar-refractivity contribution in [2.24, 2.45) is 7.05 Å². The number of aromatic hydroxyl groups is 1. The van der Waals surface area contributed by atoms with Crippen molar-refractivity contribution in [3.8, 4) is 17.0 Å². The van der Waals surface area contributed by atoms with E-state index in [1.54, 1.807) is 42.1 Å². The maximum atomic E-state index is 12.9. The molecule has 1 aliphatic carbocycles. The highest BCUT2D eigenvalue weighted by molar-refractivity contribution is 6.03. The fraction of sp³-hybridized carbons (Fsp3) is 0.400. The highest BCUT2D eigenvalue weighted by Gasteiger charge is 2.26. The monoisotopic (exact) mass is 449 g/mol. The van der Waals surface area contributed by atoms with Gasteiger partial charge in [-0.15, -0.1) is 0 Å². The van der Waals surface area contributed by atoms with Crippen LogP contribution in [0.4, 0.5) is 10.5 Å². The smallest absolute Gasteiger partial charge is 0.342 e. The highest BCUT2D eigenvalue weighted by atomic mass is 16.3. The first-order chi connectivity index (χ1) is 15.9. The Morgan fingerprint density at radius 2 is 1.97 bits per heavy atom. The van der Waals surface area contributed by atoms with Gasteiger partial charge in [0.2, 0.25) is 0 Å². The normalized spacial score (nSPS) is 14.9. The number of rotatable bonds is 6. The molecule has 3 N–H and O–H groups in total. The molecule has 8 nitrogen and oxygen atoms in total. The van der Waals surface area contributed by atoms with Crippen LogP contribution in [0.25, 0.3) is 11.3 Å². The first kappa shape index (κ1) is 22.6. The summed E-state index contributed by atoms with van der Waals surface area (Å²) >= 11 is 0. The van der Waals surface area contributed by atoms with E-state index in [-0.39, 0.29) is 29.6 Å². The standard InChI is InChI=1S/C25H31N5O3/c1-4-16(2)26-25(33)30-22(17-8-5-6-9-17)15-20(28-30)19-12-11-18(14-23(19)31)27-24(32)21-10-7-13-29(21)3/h7,10-17,31H,4-6,8-9H2,1-3H3,(H,26,33)(H,27,32). The summed E-state index contributed by atoms with van der Waals surface area (Å²) in [5.41, 5.74) is 2.93. The summed E-state index contributed by atoms with van der Waals surface area (Å²) in [6, 6.07) is 10.2. The van der Waals surface area contributed by atoms with Crippen molar-refractivity contribution in [1.29, 1.82) is 0 Å². The van der Waals surface area contributed by atoms with Gasteiger partial charge in [0.15, 0.2) is 0 Å². The van der Waals surface area contributed by atoms with E-state index in [0.29, 0.717) is 22.6 Å². The number of phenolic OH excluding ortho intramolecular Hbond substituents is 1. The summed E-state index contributed by atoms with van der Waals surface area (Å²) in [4.78, 5) is 25.4. The number of anilines is 1. The number of carbonyl (C=O) groups is 2. The molecule has 4 rings (SSSR count). The molecule has 2 amide bonds. The highest BCUT2D eigenvalue weighted by Crippen LogP contribution is 2.38. The van der Waals surface area contributed by atoms with Crippen molar-refractivity contribution in [1.82, 2.24) is 19.7 Å². The summed E-state index contributed by atoms with van der Waals surface area (Å²) in [5, 5.41) is 21.1. The van der Waals surface area contributed by atoms with E-state index in [9.17, 15) is 14.7 Å². The Morgan fingerprint density at radius 1 is 1.21 bits per heavy atom. The molecule has 0 saturated heterocycles. The second-order valence-electron chi connectivity index (χ2n) is 8.80. The van der Waals surface area contributed by atoms with Crippen LogP contribution in [0.1, 0.15) is 68.1 Å². The number of nitrogens with zero attached hydrogens (tertiary/aromatic N) is 3. The van der Waals surface area contributed by atoms with Crippen molar-refractivity contribution in [3.63, 3.8) is 0 Å². The molecule has 1 saturated carbocycles. The van der Waals surface area contributed by atoms with Gasteiger partial charge >= 0.3 is 6.03 Å². The minimum atomic E-state index is -0.260. The Kier molecular flexibility index (Phi) is 6.53. The molecule has 174 valence electrons. The zero-order valence-corrected chi connectivity index (χ0v) is 19.3. The lowest BCUT2D eigenvalue weighted by Crippen LogP contribution is -2.37. The third-order valence-electron chi connectivity index (χ3n) is 6.39. The van der Waals surface area contributed by atoms with Gasteiger partial charge in [0.1, 0.15) is 11.4 Å². The number of aromatic nitrogens is 3. The second kappa shape index (κ2) is 9.52. The van der Waals surface area contributed by atoms with Gasteiger partial charge in [-0.3, -0.25) is 4.79 Å². The largest absolute Gasteiger partial charge is 0.507 e. The van der Waals surface area contributed by atoms with Gasteiger partial charge in [0.25, 0.3) is 5.91 Å². The third-order valence-corrected chi connectivity index (χ3v) is 6.39. The number of aryl methyl sites for hydroxylation is 1. The molecule has 2 aromatic heterocycles. The first-order valence-electron chi connectivity index (χ1n) is 11.5. The average molecular weight is 450 g/mol. The molecule has 1 fully saturated rings. The average Bonchev–Trinajstić information content (AvgIpc) is 3.54. The van der Waals surface area contributed by atoms with E-state index in [1.165, 1.54) is 10.7 Å². The molecule has 1 atom stereocenters. The van der Waals surface area contributed by atoms with Crippen molar-refractivity contribution in [3.05, 3.63) is 54.0 Å². The van der Waals surface area contributed by atoms with E-state index in [0.717, 1.165) is 37.8 Å². The van der Waals surface area contributed by atoms with E-state index in [1.807, 2.05) is 19.9 Å². The van der Waals surface area contributed by atoms with Crippen molar-refractivity contribution < 1.29 is 14.7 Å². The number of hydrogen-bond donors (Lipinski definition) is 3. The van der Waals surface area contributed by atoms with Gasteiger partial charge in [-0.2, -0.15) is 9.78 Å². The minimum Gasteiger partial charge on any atom is -0.507 e. The Balaban J connectivity index is 1.61. The van der Waals surface area contributed by atoms with Crippen LogP contribution in [-0.2, 0) is 7.05 Å². The first-order valence-corrected chi connectivity index (χ1v) is 11.5. The molecule has 0 aliphatic heterocycles. The van der Waals surface area contributed by atoms with Crippen LogP contribution in [0.5, 0.6) is 5.75 Å². The molecule has 2 heterocycles. The topological polar surface area (TPSA) is 101 Å². The molecular weight excluding hydrogens is 418 g/mol. The second-order valence-corrected chi connectivity index (χ2v) is 8.80. The number of carbonyl (C=O) groups excluding carboxylic acids is 2. The van der Waals surface area contributed by atoms with Crippen molar-refractivity contribution in [2.75, 3.05) is 5.32 Å². The molecule has 0 spiro atoms. The molecule has 0 bridgehead atoms. The molecule has 33 heavy (non-hydrogen) atoms. The number of benzene rings is 1.